The fourth-order valence-corrected chi connectivity index (χ4v) is 4.29. The van der Waals surface area contributed by atoms with Gasteiger partial charge in [-0.2, -0.15) is 0 Å². The summed E-state index contributed by atoms with van der Waals surface area (Å²) in [5.41, 5.74) is 1.02. The minimum absolute atomic E-state index is 0.199. The molecule has 0 aliphatic carbocycles. The Labute approximate surface area is 159 Å². The zero-order valence-electron chi connectivity index (χ0n) is 15.9. The molecule has 2 bridgehead atoms. The molecule has 0 saturated carbocycles. The van der Waals surface area contributed by atoms with E-state index in [-0.39, 0.29) is 18.0 Å². The summed E-state index contributed by atoms with van der Waals surface area (Å²) >= 11 is 0. The number of hydrogen-bond acceptors (Lipinski definition) is 5. The van der Waals surface area contributed by atoms with Crippen molar-refractivity contribution in [1.29, 1.82) is 0 Å². The molecule has 0 radical (unpaired) electrons. The number of hydrogen-bond donors (Lipinski definition) is 0. The monoisotopic (exact) mass is 370 g/mol. The maximum Gasteiger partial charge on any atom is 0.227 e. The van der Waals surface area contributed by atoms with Crippen LogP contribution in [0.1, 0.15) is 30.1 Å². The second kappa shape index (κ2) is 7.68. The number of ether oxygens (including phenoxy) is 2. The van der Waals surface area contributed by atoms with Gasteiger partial charge in [0.2, 0.25) is 5.91 Å². The molecule has 144 valence electrons. The first-order valence-corrected chi connectivity index (χ1v) is 9.53. The number of rotatable bonds is 6. The number of fused-ring (bicyclic) bond motifs is 3. The summed E-state index contributed by atoms with van der Waals surface area (Å²) in [6, 6.07) is 8.19. The smallest absolute Gasteiger partial charge is 0.227 e. The molecule has 2 aliphatic heterocycles. The van der Waals surface area contributed by atoms with Gasteiger partial charge in [0, 0.05) is 32.5 Å². The summed E-state index contributed by atoms with van der Waals surface area (Å²) < 4.78 is 12.6. The quantitative estimate of drug-likeness (QED) is 0.773. The largest absolute Gasteiger partial charge is 0.497 e. The normalized spacial score (nSPS) is 21.0. The van der Waals surface area contributed by atoms with E-state index in [1.54, 1.807) is 14.2 Å². The van der Waals surface area contributed by atoms with Crippen LogP contribution in [0, 0.1) is 0 Å². The van der Waals surface area contributed by atoms with Crippen molar-refractivity contribution in [3.8, 4) is 5.75 Å². The molecule has 0 N–H and O–H groups in total. The predicted octanol–water partition coefficient (Wildman–Crippen LogP) is 1.63. The van der Waals surface area contributed by atoms with E-state index in [4.69, 9.17) is 9.47 Å². The van der Waals surface area contributed by atoms with Crippen molar-refractivity contribution < 1.29 is 14.3 Å². The average Bonchev–Trinajstić information content (AvgIpc) is 3.19. The molecular formula is C20H26N4O3. The molecule has 7 heteroatoms. The highest BCUT2D eigenvalue weighted by Crippen LogP contribution is 2.32. The Hall–Kier alpha value is -2.41. The van der Waals surface area contributed by atoms with Gasteiger partial charge in [-0.3, -0.25) is 4.79 Å². The molecule has 3 heterocycles. The minimum Gasteiger partial charge on any atom is -0.497 e. The Morgan fingerprint density at radius 3 is 2.67 bits per heavy atom. The molecule has 2 atom stereocenters. The molecule has 7 nitrogen and oxygen atoms in total. The van der Waals surface area contributed by atoms with Crippen LogP contribution in [0.25, 0.3) is 0 Å². The van der Waals surface area contributed by atoms with E-state index < -0.39 is 0 Å². The lowest BCUT2D eigenvalue weighted by atomic mass is 10.1. The summed E-state index contributed by atoms with van der Waals surface area (Å²) in [4.78, 5) is 15.2. The van der Waals surface area contributed by atoms with Crippen LogP contribution in [0.4, 0.5) is 0 Å². The van der Waals surface area contributed by atoms with Gasteiger partial charge in [-0.05, 0) is 30.5 Å². The van der Waals surface area contributed by atoms with Crippen molar-refractivity contribution in [3.63, 3.8) is 0 Å². The van der Waals surface area contributed by atoms with Crippen LogP contribution in [-0.4, -0.2) is 58.5 Å². The zero-order chi connectivity index (χ0) is 18.8. The molecule has 1 aromatic carbocycles. The number of amides is 1. The Kier molecular flexibility index (Phi) is 5.11. The van der Waals surface area contributed by atoms with E-state index in [2.05, 4.69) is 19.7 Å². The predicted molar refractivity (Wildman–Crippen MR) is 99.7 cm³/mol. The van der Waals surface area contributed by atoms with E-state index in [0.29, 0.717) is 13.0 Å². The van der Waals surface area contributed by atoms with Gasteiger partial charge in [-0.1, -0.05) is 12.1 Å². The third-order valence-corrected chi connectivity index (χ3v) is 5.67. The fraction of sp³-hybridized carbons (Fsp3) is 0.550. The van der Waals surface area contributed by atoms with E-state index in [1.165, 1.54) is 0 Å². The summed E-state index contributed by atoms with van der Waals surface area (Å²) in [6.07, 6.45) is 4.04. The second-order valence-electron chi connectivity index (χ2n) is 7.30. The van der Waals surface area contributed by atoms with Crippen molar-refractivity contribution in [2.24, 2.45) is 0 Å². The number of benzene rings is 1. The molecule has 1 amide bonds. The van der Waals surface area contributed by atoms with Crippen LogP contribution in [0.3, 0.4) is 0 Å². The highest BCUT2D eigenvalue weighted by atomic mass is 16.5. The number of nitrogens with zero attached hydrogens (tertiary/aromatic N) is 4. The zero-order valence-corrected chi connectivity index (χ0v) is 15.9. The first kappa shape index (κ1) is 18.0. The van der Waals surface area contributed by atoms with Gasteiger partial charge in [-0.25, -0.2) is 0 Å². The third kappa shape index (κ3) is 3.56. The van der Waals surface area contributed by atoms with Crippen molar-refractivity contribution in [2.75, 3.05) is 20.8 Å². The number of carbonyl (C=O) groups is 1. The summed E-state index contributed by atoms with van der Waals surface area (Å²) in [7, 11) is 3.34. The summed E-state index contributed by atoms with van der Waals surface area (Å²) in [6.45, 7) is 1.42. The fourth-order valence-electron chi connectivity index (χ4n) is 4.29. The second-order valence-corrected chi connectivity index (χ2v) is 7.30. The number of methoxy groups -OCH3 is 2. The number of aromatic nitrogens is 3. The molecule has 27 heavy (non-hydrogen) atoms. The van der Waals surface area contributed by atoms with Gasteiger partial charge >= 0.3 is 0 Å². The lowest BCUT2D eigenvalue weighted by Crippen LogP contribution is -2.43. The summed E-state index contributed by atoms with van der Waals surface area (Å²) in [5, 5.41) is 8.74. The van der Waals surface area contributed by atoms with Gasteiger partial charge in [0.25, 0.3) is 0 Å². The van der Waals surface area contributed by atoms with Crippen LogP contribution in [0.15, 0.2) is 24.3 Å². The van der Waals surface area contributed by atoms with Crippen molar-refractivity contribution in [1.82, 2.24) is 19.7 Å². The van der Waals surface area contributed by atoms with Crippen LogP contribution < -0.4 is 4.74 Å². The average molecular weight is 370 g/mol. The minimum atomic E-state index is 0.199. The van der Waals surface area contributed by atoms with Gasteiger partial charge in [0.1, 0.15) is 17.4 Å². The summed E-state index contributed by atoms with van der Waals surface area (Å²) in [5.74, 6) is 2.96. The van der Waals surface area contributed by atoms with E-state index in [0.717, 1.165) is 55.2 Å². The van der Waals surface area contributed by atoms with Crippen molar-refractivity contribution in [3.05, 3.63) is 41.5 Å². The Balaban J connectivity index is 1.49. The van der Waals surface area contributed by atoms with E-state index in [9.17, 15) is 4.79 Å². The van der Waals surface area contributed by atoms with Crippen LogP contribution in [0.2, 0.25) is 0 Å². The van der Waals surface area contributed by atoms with Gasteiger partial charge < -0.3 is 18.9 Å². The van der Waals surface area contributed by atoms with E-state index >= 15 is 0 Å². The highest BCUT2D eigenvalue weighted by molar-refractivity contribution is 5.80. The maximum atomic E-state index is 13.1. The van der Waals surface area contributed by atoms with Crippen LogP contribution in [0.5, 0.6) is 5.75 Å². The molecule has 2 unspecified atom stereocenters. The third-order valence-electron chi connectivity index (χ3n) is 5.67. The molecule has 1 aromatic heterocycles. The molecule has 2 aromatic rings. The number of carbonyl (C=O) groups excluding carboxylic acids is 1. The maximum absolute atomic E-state index is 13.1. The first-order valence-electron chi connectivity index (χ1n) is 9.53. The van der Waals surface area contributed by atoms with Crippen LogP contribution >= 0.6 is 0 Å². The lowest BCUT2D eigenvalue weighted by Gasteiger charge is -2.28. The molecule has 4 rings (SSSR count). The molecule has 1 fully saturated rings. The Morgan fingerprint density at radius 2 is 1.93 bits per heavy atom. The van der Waals surface area contributed by atoms with Crippen molar-refractivity contribution >= 4 is 5.91 Å². The van der Waals surface area contributed by atoms with Gasteiger partial charge in [0.15, 0.2) is 0 Å². The standard InChI is InChI=1S/C20H26N4O3/c1-26-10-9-18-21-22-19-12-15-5-6-16(13-23(18)19)24(15)20(25)11-14-3-7-17(27-2)8-4-14/h3-4,7-8,15-16H,5-6,9-13H2,1-2H3. The van der Waals surface area contributed by atoms with Gasteiger partial charge in [-0.15, -0.1) is 10.2 Å². The van der Waals surface area contributed by atoms with Crippen molar-refractivity contribution in [2.45, 2.75) is 50.7 Å². The molecular weight excluding hydrogens is 344 g/mol. The Morgan fingerprint density at radius 1 is 1.15 bits per heavy atom. The molecule has 2 aliphatic rings. The Bertz CT molecular complexity index is 802. The topological polar surface area (TPSA) is 69.5 Å². The van der Waals surface area contributed by atoms with Crippen LogP contribution in [-0.2, 0) is 35.3 Å². The molecule has 1 saturated heterocycles. The SMILES string of the molecule is COCCc1nnc2n1CC1CCC(C2)N1C(=O)Cc1ccc(OC)cc1. The lowest BCUT2D eigenvalue weighted by molar-refractivity contribution is -0.133. The highest BCUT2D eigenvalue weighted by Gasteiger charge is 2.40. The van der Waals surface area contributed by atoms with Gasteiger partial charge in [0.05, 0.1) is 26.2 Å². The first-order chi connectivity index (χ1) is 13.2. The van der Waals surface area contributed by atoms with E-state index in [1.807, 2.05) is 24.3 Å². The molecule has 0 spiro atoms.